The molecule has 104 valence electrons. The van der Waals surface area contributed by atoms with Crippen LogP contribution >= 0.6 is 11.8 Å². The molecular weight excluding hydrogens is 276 g/mol. The molecule has 1 aliphatic rings. The van der Waals surface area contributed by atoms with Crippen molar-refractivity contribution in [3.05, 3.63) is 0 Å². The zero-order chi connectivity index (χ0) is 13.9. The highest BCUT2D eigenvalue weighted by Gasteiger charge is 2.39. The molecule has 2 N–H and O–H groups in total. The Kier molecular flexibility index (Phi) is 5.46. The Labute approximate surface area is 113 Å². The molecule has 0 aromatic carbocycles. The molecule has 2 amide bonds. The van der Waals surface area contributed by atoms with Crippen LogP contribution in [0.2, 0.25) is 0 Å². The van der Waals surface area contributed by atoms with Gasteiger partial charge >= 0.3 is 12.0 Å². The van der Waals surface area contributed by atoms with Crippen LogP contribution in [-0.4, -0.2) is 61.4 Å². The Bertz CT molecular complexity index is 364. The van der Waals surface area contributed by atoms with Gasteiger partial charge in [-0.15, -0.1) is 11.8 Å². The molecule has 0 aromatic rings. The first kappa shape index (κ1) is 15.3. The van der Waals surface area contributed by atoms with E-state index in [1.165, 1.54) is 16.7 Å². The van der Waals surface area contributed by atoms with Crippen molar-refractivity contribution >= 4 is 34.6 Å². The van der Waals surface area contributed by atoms with E-state index in [1.54, 1.807) is 20.1 Å². The predicted octanol–water partition coefficient (Wildman–Crippen LogP) is 0.311. The van der Waals surface area contributed by atoms with Gasteiger partial charge in [0.1, 0.15) is 6.04 Å². The van der Waals surface area contributed by atoms with Gasteiger partial charge in [0.25, 0.3) is 0 Å². The second kappa shape index (κ2) is 6.42. The molecule has 1 aliphatic heterocycles. The molecular formula is C10H18N2O4S2. The van der Waals surface area contributed by atoms with Crippen molar-refractivity contribution in [2.24, 2.45) is 0 Å². The van der Waals surface area contributed by atoms with E-state index in [4.69, 9.17) is 5.11 Å². The summed E-state index contributed by atoms with van der Waals surface area (Å²) in [6, 6.07) is -1.19. The lowest BCUT2D eigenvalue weighted by Crippen LogP contribution is -2.50. The standard InChI is InChI=1S/C10H18N2O4S2/c1-6(18(3)16)4-11-10(15)12-7(2)17-5-8(12)9(13)14/h6-8H,4-5H2,1-3H3,(H,11,15)(H,13,14). The summed E-state index contributed by atoms with van der Waals surface area (Å²) in [5.74, 6) is -0.590. The number of aliphatic carboxylic acids is 1. The lowest BCUT2D eigenvalue weighted by molar-refractivity contribution is -0.141. The van der Waals surface area contributed by atoms with Crippen molar-refractivity contribution in [3.8, 4) is 0 Å². The van der Waals surface area contributed by atoms with Crippen LogP contribution in [0.5, 0.6) is 0 Å². The average Bonchev–Trinajstić information content (AvgIpc) is 2.67. The zero-order valence-corrected chi connectivity index (χ0v) is 12.2. The summed E-state index contributed by atoms with van der Waals surface area (Å²) < 4.78 is 11.2. The minimum Gasteiger partial charge on any atom is -0.480 e. The molecule has 1 heterocycles. The minimum atomic E-state index is -1.01. The maximum Gasteiger partial charge on any atom is 0.327 e. The summed E-state index contributed by atoms with van der Waals surface area (Å²) in [7, 11) is -1.01. The highest BCUT2D eigenvalue weighted by molar-refractivity contribution is 8.00. The van der Waals surface area contributed by atoms with Crippen LogP contribution in [0.4, 0.5) is 4.79 Å². The molecule has 1 saturated heterocycles. The molecule has 1 rings (SSSR count). The highest BCUT2D eigenvalue weighted by atomic mass is 32.2. The van der Waals surface area contributed by atoms with E-state index in [1.807, 2.05) is 0 Å². The second-order valence-electron chi connectivity index (χ2n) is 4.19. The van der Waals surface area contributed by atoms with Crippen molar-refractivity contribution in [3.63, 3.8) is 0 Å². The third-order valence-corrected chi connectivity index (χ3v) is 5.37. The molecule has 6 nitrogen and oxygen atoms in total. The number of hydrogen-bond acceptors (Lipinski definition) is 4. The molecule has 1 fully saturated rings. The van der Waals surface area contributed by atoms with Gasteiger partial charge in [0, 0.05) is 34.6 Å². The van der Waals surface area contributed by atoms with Crippen LogP contribution in [-0.2, 0) is 15.6 Å². The van der Waals surface area contributed by atoms with E-state index in [0.717, 1.165) is 0 Å². The van der Waals surface area contributed by atoms with Gasteiger partial charge in [-0.25, -0.2) is 9.59 Å². The summed E-state index contributed by atoms with van der Waals surface area (Å²) in [5.41, 5.74) is 0. The fourth-order valence-electron chi connectivity index (χ4n) is 1.58. The van der Waals surface area contributed by atoms with Gasteiger partial charge in [-0.3, -0.25) is 9.11 Å². The van der Waals surface area contributed by atoms with E-state index in [0.29, 0.717) is 5.75 Å². The first-order valence-electron chi connectivity index (χ1n) is 5.57. The molecule has 0 radical (unpaired) electrons. The number of carbonyl (C=O) groups excluding carboxylic acids is 1. The van der Waals surface area contributed by atoms with Gasteiger partial charge in [0.2, 0.25) is 0 Å². The normalized spacial score (nSPS) is 26.7. The first-order valence-corrected chi connectivity index (χ1v) is 8.24. The topological polar surface area (TPSA) is 86.7 Å². The predicted molar refractivity (Wildman–Crippen MR) is 72.1 cm³/mol. The Balaban J connectivity index is 2.59. The third-order valence-electron chi connectivity index (χ3n) is 2.85. The number of hydrogen-bond donors (Lipinski definition) is 2. The summed E-state index contributed by atoms with van der Waals surface area (Å²) in [6.07, 6.45) is 1.57. The van der Waals surface area contributed by atoms with Gasteiger partial charge in [0.15, 0.2) is 0 Å². The van der Waals surface area contributed by atoms with Crippen molar-refractivity contribution in [1.29, 1.82) is 0 Å². The SMILES string of the molecule is CC1SCC(C(=O)O)N1C(=O)NCC(C)S(C)=O. The molecule has 18 heavy (non-hydrogen) atoms. The summed E-state index contributed by atoms with van der Waals surface area (Å²) in [4.78, 5) is 24.3. The number of nitrogens with zero attached hydrogens (tertiary/aromatic N) is 1. The maximum absolute atomic E-state index is 11.9. The highest BCUT2D eigenvalue weighted by Crippen LogP contribution is 2.28. The molecule has 0 saturated carbocycles. The minimum absolute atomic E-state index is 0.150. The van der Waals surface area contributed by atoms with E-state index in [9.17, 15) is 13.8 Å². The second-order valence-corrected chi connectivity index (χ2v) is 7.34. The van der Waals surface area contributed by atoms with Crippen LogP contribution in [0.25, 0.3) is 0 Å². The molecule has 0 spiro atoms. The Morgan fingerprint density at radius 3 is 2.72 bits per heavy atom. The average molecular weight is 294 g/mol. The smallest absolute Gasteiger partial charge is 0.327 e. The van der Waals surface area contributed by atoms with Crippen LogP contribution in [0.15, 0.2) is 0 Å². The van der Waals surface area contributed by atoms with Crippen molar-refractivity contribution < 1.29 is 18.9 Å². The summed E-state index contributed by atoms with van der Waals surface area (Å²) in [5, 5.41) is 11.4. The van der Waals surface area contributed by atoms with Crippen LogP contribution in [0.3, 0.4) is 0 Å². The van der Waals surface area contributed by atoms with Gasteiger partial charge in [-0.1, -0.05) is 0 Å². The zero-order valence-electron chi connectivity index (χ0n) is 10.6. The monoisotopic (exact) mass is 294 g/mol. The lowest BCUT2D eigenvalue weighted by Gasteiger charge is -2.25. The molecule has 8 heteroatoms. The van der Waals surface area contributed by atoms with Crippen LogP contribution in [0.1, 0.15) is 13.8 Å². The van der Waals surface area contributed by atoms with Crippen molar-refractivity contribution in [2.45, 2.75) is 30.5 Å². The van der Waals surface area contributed by atoms with E-state index in [-0.39, 0.29) is 17.2 Å². The number of amides is 2. The third kappa shape index (κ3) is 3.61. The number of carboxylic acid groups (broad SMARTS) is 1. The molecule has 4 atom stereocenters. The quantitative estimate of drug-likeness (QED) is 0.779. The maximum atomic E-state index is 11.9. The number of carboxylic acids is 1. The number of carbonyl (C=O) groups is 2. The van der Waals surface area contributed by atoms with Gasteiger partial charge in [-0.2, -0.15) is 0 Å². The summed E-state index contributed by atoms with van der Waals surface area (Å²) >= 11 is 1.43. The molecule has 0 aliphatic carbocycles. The molecule has 0 aromatic heterocycles. The fraction of sp³-hybridized carbons (Fsp3) is 0.800. The van der Waals surface area contributed by atoms with Crippen LogP contribution in [0, 0.1) is 0 Å². The Morgan fingerprint density at radius 2 is 2.22 bits per heavy atom. The number of thioether (sulfide) groups is 1. The Hall–Kier alpha value is -0.760. The van der Waals surface area contributed by atoms with Gasteiger partial charge in [-0.05, 0) is 13.8 Å². The Morgan fingerprint density at radius 1 is 1.61 bits per heavy atom. The van der Waals surface area contributed by atoms with Crippen molar-refractivity contribution in [2.75, 3.05) is 18.6 Å². The number of urea groups is 1. The largest absolute Gasteiger partial charge is 0.480 e. The molecule has 4 unspecified atom stereocenters. The first-order chi connectivity index (χ1) is 8.34. The van der Waals surface area contributed by atoms with Gasteiger partial charge < -0.3 is 10.4 Å². The molecule has 0 bridgehead atoms. The van der Waals surface area contributed by atoms with Gasteiger partial charge in [0.05, 0.1) is 5.37 Å². The fourth-order valence-corrected chi connectivity index (χ4v) is 3.07. The van der Waals surface area contributed by atoms with E-state index in [2.05, 4.69) is 5.32 Å². The van der Waals surface area contributed by atoms with E-state index >= 15 is 0 Å². The lowest BCUT2D eigenvalue weighted by atomic mass is 10.3. The summed E-state index contributed by atoms with van der Waals surface area (Å²) in [6.45, 7) is 3.85. The number of rotatable bonds is 4. The van der Waals surface area contributed by atoms with Crippen molar-refractivity contribution in [1.82, 2.24) is 10.2 Å². The number of nitrogens with one attached hydrogen (secondary N) is 1. The van der Waals surface area contributed by atoms with Crippen LogP contribution < -0.4 is 5.32 Å². The van der Waals surface area contributed by atoms with E-state index < -0.39 is 28.8 Å².